The van der Waals surface area contributed by atoms with Gasteiger partial charge in [-0.25, -0.2) is 4.79 Å². The first-order valence-corrected chi connectivity index (χ1v) is 3.65. The van der Waals surface area contributed by atoms with Gasteiger partial charge in [0.1, 0.15) is 6.29 Å². The van der Waals surface area contributed by atoms with Gasteiger partial charge in [0.2, 0.25) is 0 Å². The Morgan fingerprint density at radius 3 is 2.73 bits per heavy atom. The first-order chi connectivity index (χ1) is 5.22. The lowest BCUT2D eigenvalue weighted by Gasteiger charge is -2.33. The molecule has 4 nitrogen and oxygen atoms in total. The molecular weight excluding hydrogens is 146 g/mol. The molecule has 1 rings (SSSR count). The summed E-state index contributed by atoms with van der Waals surface area (Å²) < 4.78 is 0. The van der Waals surface area contributed by atoms with Crippen LogP contribution in [0.25, 0.3) is 0 Å². The zero-order chi connectivity index (χ0) is 8.27. The highest BCUT2D eigenvalue weighted by Gasteiger charge is 2.29. The van der Waals surface area contributed by atoms with Gasteiger partial charge in [-0.15, -0.1) is 0 Å². The van der Waals surface area contributed by atoms with Crippen molar-refractivity contribution in [1.82, 2.24) is 5.32 Å². The molecule has 1 fully saturated rings. The lowest BCUT2D eigenvalue weighted by molar-refractivity contribution is -0.109. The molecule has 0 aromatic rings. The summed E-state index contributed by atoms with van der Waals surface area (Å²) in [5.41, 5.74) is 0. The van der Waals surface area contributed by atoms with Crippen molar-refractivity contribution in [2.45, 2.75) is 25.3 Å². The highest BCUT2D eigenvalue weighted by Crippen LogP contribution is 2.29. The van der Waals surface area contributed by atoms with Crippen LogP contribution in [0.5, 0.6) is 0 Å². The van der Waals surface area contributed by atoms with Crippen molar-refractivity contribution in [3.05, 3.63) is 0 Å². The SMILES string of the molecule is O=CCC1CC(NC(=O)O)C1. The van der Waals surface area contributed by atoms with E-state index in [0.29, 0.717) is 12.3 Å². The zero-order valence-electron chi connectivity index (χ0n) is 6.12. The molecule has 0 atom stereocenters. The smallest absolute Gasteiger partial charge is 0.404 e. The lowest BCUT2D eigenvalue weighted by Crippen LogP contribution is -2.43. The van der Waals surface area contributed by atoms with Crippen molar-refractivity contribution in [1.29, 1.82) is 0 Å². The van der Waals surface area contributed by atoms with E-state index in [0.717, 1.165) is 19.1 Å². The number of hydrogen-bond acceptors (Lipinski definition) is 2. The van der Waals surface area contributed by atoms with Gasteiger partial charge in [0.25, 0.3) is 0 Å². The third-order valence-electron chi connectivity index (χ3n) is 1.99. The quantitative estimate of drug-likeness (QED) is 0.590. The van der Waals surface area contributed by atoms with E-state index in [1.54, 1.807) is 0 Å². The maximum Gasteiger partial charge on any atom is 0.404 e. The molecule has 1 aliphatic carbocycles. The van der Waals surface area contributed by atoms with Crippen LogP contribution in [0.2, 0.25) is 0 Å². The minimum absolute atomic E-state index is 0.0810. The molecule has 0 saturated heterocycles. The molecule has 0 aromatic heterocycles. The van der Waals surface area contributed by atoms with E-state index in [-0.39, 0.29) is 6.04 Å². The van der Waals surface area contributed by atoms with Crippen molar-refractivity contribution in [3.63, 3.8) is 0 Å². The first kappa shape index (κ1) is 8.04. The number of carbonyl (C=O) groups excluding carboxylic acids is 1. The van der Waals surface area contributed by atoms with Crippen LogP contribution < -0.4 is 5.32 Å². The maximum absolute atomic E-state index is 10.1. The second-order valence-electron chi connectivity index (χ2n) is 2.89. The summed E-state index contributed by atoms with van der Waals surface area (Å²) in [6.45, 7) is 0. The van der Waals surface area contributed by atoms with E-state index in [4.69, 9.17) is 5.11 Å². The summed E-state index contributed by atoms with van der Waals surface area (Å²) in [6, 6.07) is 0.0810. The molecule has 2 N–H and O–H groups in total. The van der Waals surface area contributed by atoms with E-state index in [1.807, 2.05) is 0 Å². The molecule has 1 saturated carbocycles. The van der Waals surface area contributed by atoms with Crippen LogP contribution in [0.15, 0.2) is 0 Å². The number of hydrogen-bond donors (Lipinski definition) is 2. The van der Waals surface area contributed by atoms with Crippen LogP contribution in [0.3, 0.4) is 0 Å². The highest BCUT2D eigenvalue weighted by atomic mass is 16.4. The molecule has 4 heteroatoms. The molecule has 0 heterocycles. The third-order valence-corrected chi connectivity index (χ3v) is 1.99. The van der Waals surface area contributed by atoms with Gasteiger partial charge in [-0.05, 0) is 18.8 Å². The lowest BCUT2D eigenvalue weighted by atomic mass is 9.79. The summed E-state index contributed by atoms with van der Waals surface area (Å²) in [6.07, 6.45) is 2.11. The Morgan fingerprint density at radius 1 is 1.64 bits per heavy atom. The Hall–Kier alpha value is -1.06. The van der Waals surface area contributed by atoms with Crippen molar-refractivity contribution in [2.24, 2.45) is 5.92 Å². The van der Waals surface area contributed by atoms with Gasteiger partial charge in [-0.2, -0.15) is 0 Å². The second-order valence-corrected chi connectivity index (χ2v) is 2.89. The van der Waals surface area contributed by atoms with Crippen LogP contribution in [0.4, 0.5) is 4.79 Å². The number of carboxylic acid groups (broad SMARTS) is 1. The Kier molecular flexibility index (Phi) is 2.46. The topological polar surface area (TPSA) is 66.4 Å². The van der Waals surface area contributed by atoms with E-state index in [9.17, 15) is 9.59 Å². The summed E-state index contributed by atoms with van der Waals surface area (Å²) in [5, 5.41) is 10.7. The number of carbonyl (C=O) groups is 2. The fraction of sp³-hybridized carbons (Fsp3) is 0.714. The summed E-state index contributed by atoms with van der Waals surface area (Å²) in [7, 11) is 0. The van der Waals surface area contributed by atoms with Crippen LogP contribution in [-0.2, 0) is 4.79 Å². The first-order valence-electron chi connectivity index (χ1n) is 3.65. The highest BCUT2D eigenvalue weighted by molar-refractivity contribution is 5.65. The molecule has 0 aromatic carbocycles. The Bertz CT molecular complexity index is 163. The third kappa shape index (κ3) is 2.22. The Morgan fingerprint density at radius 2 is 2.27 bits per heavy atom. The molecule has 0 bridgehead atoms. The largest absolute Gasteiger partial charge is 0.465 e. The molecule has 0 spiro atoms. The monoisotopic (exact) mass is 157 g/mol. The zero-order valence-corrected chi connectivity index (χ0v) is 6.12. The van der Waals surface area contributed by atoms with Crippen LogP contribution >= 0.6 is 0 Å². The minimum Gasteiger partial charge on any atom is -0.465 e. The number of amides is 1. The molecule has 11 heavy (non-hydrogen) atoms. The van der Waals surface area contributed by atoms with Crippen molar-refractivity contribution in [3.8, 4) is 0 Å². The molecular formula is C7H11NO3. The molecule has 1 amide bonds. The normalized spacial score (nSPS) is 28.7. The maximum atomic E-state index is 10.1. The van der Waals surface area contributed by atoms with E-state index in [1.165, 1.54) is 0 Å². The Labute approximate surface area is 64.6 Å². The fourth-order valence-electron chi connectivity index (χ4n) is 1.36. The predicted octanol–water partition coefficient (Wildman–Crippen LogP) is 0.622. The van der Waals surface area contributed by atoms with E-state index < -0.39 is 6.09 Å². The minimum atomic E-state index is -0.973. The summed E-state index contributed by atoms with van der Waals surface area (Å²) in [5.74, 6) is 0.407. The summed E-state index contributed by atoms with van der Waals surface area (Å²) >= 11 is 0. The second kappa shape index (κ2) is 3.37. The average molecular weight is 157 g/mol. The standard InChI is InChI=1S/C7H11NO3/c9-2-1-5-3-6(4-5)8-7(10)11/h2,5-6,8H,1,3-4H2,(H,10,11). The van der Waals surface area contributed by atoms with Gasteiger partial charge in [0, 0.05) is 12.5 Å². The fourth-order valence-corrected chi connectivity index (χ4v) is 1.36. The number of aldehydes is 1. The molecule has 1 aliphatic rings. The van der Waals surface area contributed by atoms with Gasteiger partial charge < -0.3 is 15.2 Å². The number of nitrogens with one attached hydrogen (secondary N) is 1. The van der Waals surface area contributed by atoms with Crippen molar-refractivity contribution >= 4 is 12.4 Å². The van der Waals surface area contributed by atoms with Crippen molar-refractivity contribution in [2.75, 3.05) is 0 Å². The number of rotatable bonds is 3. The van der Waals surface area contributed by atoms with Crippen LogP contribution in [0, 0.1) is 5.92 Å². The van der Waals surface area contributed by atoms with Gasteiger partial charge in [-0.1, -0.05) is 0 Å². The predicted molar refractivity (Wildman–Crippen MR) is 38.4 cm³/mol. The van der Waals surface area contributed by atoms with Crippen LogP contribution in [-0.4, -0.2) is 23.5 Å². The van der Waals surface area contributed by atoms with Gasteiger partial charge in [0.05, 0.1) is 0 Å². The van der Waals surface area contributed by atoms with E-state index in [2.05, 4.69) is 5.32 Å². The molecule has 0 unspecified atom stereocenters. The van der Waals surface area contributed by atoms with Gasteiger partial charge in [0.15, 0.2) is 0 Å². The van der Waals surface area contributed by atoms with Crippen molar-refractivity contribution < 1.29 is 14.7 Å². The van der Waals surface area contributed by atoms with E-state index >= 15 is 0 Å². The van der Waals surface area contributed by atoms with Gasteiger partial charge >= 0.3 is 6.09 Å². The average Bonchev–Trinajstić information content (AvgIpc) is 1.82. The van der Waals surface area contributed by atoms with Gasteiger partial charge in [-0.3, -0.25) is 0 Å². The molecule has 0 radical (unpaired) electrons. The molecule has 0 aliphatic heterocycles. The molecule has 62 valence electrons. The Balaban J connectivity index is 2.09. The van der Waals surface area contributed by atoms with Crippen LogP contribution in [0.1, 0.15) is 19.3 Å². The summed E-state index contributed by atoms with van der Waals surface area (Å²) in [4.78, 5) is 20.1.